The van der Waals surface area contributed by atoms with Gasteiger partial charge in [0.1, 0.15) is 5.69 Å². The van der Waals surface area contributed by atoms with Crippen molar-refractivity contribution < 1.29 is 9.59 Å². The van der Waals surface area contributed by atoms with Gasteiger partial charge in [0.15, 0.2) is 0 Å². The summed E-state index contributed by atoms with van der Waals surface area (Å²) in [6, 6.07) is 22.5. The van der Waals surface area contributed by atoms with Gasteiger partial charge in [0.05, 0.1) is 4.70 Å². The molecule has 0 saturated carbocycles. The van der Waals surface area contributed by atoms with Crippen LogP contribution in [0.5, 0.6) is 0 Å². The summed E-state index contributed by atoms with van der Waals surface area (Å²) in [5.41, 5.74) is 3.63. The van der Waals surface area contributed by atoms with Crippen LogP contribution in [0.15, 0.2) is 72.8 Å². The fourth-order valence-electron chi connectivity index (χ4n) is 2.97. The smallest absolute Gasteiger partial charge is 0.276 e. The molecule has 2 amide bonds. The predicted molar refractivity (Wildman–Crippen MR) is 116 cm³/mol. The van der Waals surface area contributed by atoms with Crippen LogP contribution in [0.1, 0.15) is 32.0 Å². The average molecular weight is 401 g/mol. The van der Waals surface area contributed by atoms with Gasteiger partial charge < -0.3 is 10.6 Å². The molecule has 0 bridgehead atoms. The maximum atomic E-state index is 12.6. The number of nitrogens with zero attached hydrogens (tertiary/aromatic N) is 1. The Kier molecular flexibility index (Phi) is 5.35. The molecule has 0 radical (unpaired) electrons. The summed E-state index contributed by atoms with van der Waals surface area (Å²) in [6.07, 6.45) is 0. The lowest BCUT2D eigenvalue weighted by atomic mass is 10.1. The van der Waals surface area contributed by atoms with Crippen molar-refractivity contribution >= 4 is 39.1 Å². The molecular weight excluding hydrogens is 382 g/mol. The molecule has 0 aliphatic rings. The number of carbonyl (C=O) groups is 2. The first-order chi connectivity index (χ1) is 14.1. The van der Waals surface area contributed by atoms with Crippen molar-refractivity contribution in [3.05, 3.63) is 95.2 Å². The van der Waals surface area contributed by atoms with Gasteiger partial charge in [-0.2, -0.15) is 4.37 Å². The maximum absolute atomic E-state index is 12.6. The number of aryl methyl sites for hydroxylation is 1. The minimum absolute atomic E-state index is 0.194. The van der Waals surface area contributed by atoms with Gasteiger partial charge in [0.2, 0.25) is 0 Å². The van der Waals surface area contributed by atoms with Crippen molar-refractivity contribution in [2.75, 3.05) is 5.32 Å². The molecule has 1 aromatic heterocycles. The highest BCUT2D eigenvalue weighted by Crippen LogP contribution is 2.23. The number of hydrogen-bond donors (Lipinski definition) is 2. The topological polar surface area (TPSA) is 71.1 Å². The number of hydrogen-bond acceptors (Lipinski definition) is 4. The standard InChI is InChI=1S/C23H19N3O2S/c1-15-9-11-16(12-10-15)14-24-22(27)17-5-4-6-18(13-17)25-23(28)21-19-7-2-3-8-20(19)29-26-21/h2-13H,14H2,1H3,(H,24,27)(H,25,28). The van der Waals surface area contributed by atoms with Crippen molar-refractivity contribution in [3.63, 3.8) is 0 Å². The van der Waals surface area contributed by atoms with Crippen LogP contribution in [0.25, 0.3) is 10.1 Å². The van der Waals surface area contributed by atoms with Crippen molar-refractivity contribution in [3.8, 4) is 0 Å². The second kappa shape index (κ2) is 8.24. The largest absolute Gasteiger partial charge is 0.348 e. The van der Waals surface area contributed by atoms with E-state index in [9.17, 15) is 9.59 Å². The molecule has 0 aliphatic heterocycles. The predicted octanol–water partition coefficient (Wildman–Crippen LogP) is 4.79. The Morgan fingerprint density at radius 2 is 1.72 bits per heavy atom. The number of amides is 2. The molecular formula is C23H19N3O2S. The second-order valence-electron chi connectivity index (χ2n) is 6.73. The Hall–Kier alpha value is -3.51. The maximum Gasteiger partial charge on any atom is 0.276 e. The third-order valence-corrected chi connectivity index (χ3v) is 5.38. The molecule has 4 aromatic rings. The van der Waals surface area contributed by atoms with Crippen LogP contribution in [0, 0.1) is 6.92 Å². The fourth-order valence-corrected chi connectivity index (χ4v) is 3.74. The molecule has 2 N–H and O–H groups in total. The Balaban J connectivity index is 1.44. The van der Waals surface area contributed by atoms with Crippen LogP contribution in [0.2, 0.25) is 0 Å². The number of anilines is 1. The molecule has 29 heavy (non-hydrogen) atoms. The van der Waals surface area contributed by atoms with Crippen LogP contribution in [0.4, 0.5) is 5.69 Å². The molecule has 144 valence electrons. The lowest BCUT2D eigenvalue weighted by molar-refractivity contribution is 0.0949. The summed E-state index contributed by atoms with van der Waals surface area (Å²) < 4.78 is 5.23. The molecule has 0 aliphatic carbocycles. The highest BCUT2D eigenvalue weighted by Gasteiger charge is 2.15. The van der Waals surface area contributed by atoms with E-state index >= 15 is 0 Å². The number of benzene rings is 3. The zero-order valence-electron chi connectivity index (χ0n) is 15.8. The van der Waals surface area contributed by atoms with E-state index in [2.05, 4.69) is 15.0 Å². The second-order valence-corrected chi connectivity index (χ2v) is 7.54. The van der Waals surface area contributed by atoms with Crippen LogP contribution in [0.3, 0.4) is 0 Å². The summed E-state index contributed by atoms with van der Waals surface area (Å²) in [4.78, 5) is 25.1. The van der Waals surface area contributed by atoms with E-state index < -0.39 is 0 Å². The first-order valence-electron chi connectivity index (χ1n) is 9.20. The molecule has 0 saturated heterocycles. The Morgan fingerprint density at radius 1 is 0.931 bits per heavy atom. The summed E-state index contributed by atoms with van der Waals surface area (Å²) in [5.74, 6) is -0.486. The molecule has 0 unspecified atom stereocenters. The Morgan fingerprint density at radius 3 is 2.55 bits per heavy atom. The number of aromatic nitrogens is 1. The van der Waals surface area contributed by atoms with Crippen molar-refractivity contribution in [1.82, 2.24) is 9.69 Å². The molecule has 0 atom stereocenters. The van der Waals surface area contributed by atoms with E-state index in [0.29, 0.717) is 23.5 Å². The van der Waals surface area contributed by atoms with Gasteiger partial charge in [0, 0.05) is 23.2 Å². The summed E-state index contributed by atoms with van der Waals surface area (Å²) in [5, 5.41) is 6.56. The summed E-state index contributed by atoms with van der Waals surface area (Å²) >= 11 is 1.29. The monoisotopic (exact) mass is 401 g/mol. The van der Waals surface area contributed by atoms with Gasteiger partial charge in [-0.05, 0) is 48.3 Å². The molecule has 5 nitrogen and oxygen atoms in total. The Labute approximate surface area is 172 Å². The normalized spacial score (nSPS) is 10.7. The number of fused-ring (bicyclic) bond motifs is 1. The van der Waals surface area contributed by atoms with E-state index in [-0.39, 0.29) is 11.8 Å². The van der Waals surface area contributed by atoms with E-state index in [1.54, 1.807) is 24.3 Å². The van der Waals surface area contributed by atoms with Gasteiger partial charge in [-0.15, -0.1) is 0 Å². The minimum Gasteiger partial charge on any atom is -0.348 e. The number of nitrogens with one attached hydrogen (secondary N) is 2. The zero-order valence-corrected chi connectivity index (χ0v) is 16.6. The van der Waals surface area contributed by atoms with Crippen molar-refractivity contribution in [2.45, 2.75) is 13.5 Å². The summed E-state index contributed by atoms with van der Waals surface area (Å²) in [6.45, 7) is 2.47. The van der Waals surface area contributed by atoms with Gasteiger partial charge >= 0.3 is 0 Å². The van der Waals surface area contributed by atoms with Crippen LogP contribution in [-0.4, -0.2) is 16.2 Å². The summed E-state index contributed by atoms with van der Waals surface area (Å²) in [7, 11) is 0. The lowest BCUT2D eigenvalue weighted by Gasteiger charge is -2.08. The molecule has 0 fully saturated rings. The van der Waals surface area contributed by atoms with Gasteiger partial charge in [-0.3, -0.25) is 9.59 Å². The average Bonchev–Trinajstić information content (AvgIpc) is 3.18. The van der Waals surface area contributed by atoms with Gasteiger partial charge in [-0.1, -0.05) is 54.1 Å². The molecule has 3 aromatic carbocycles. The van der Waals surface area contributed by atoms with Gasteiger partial charge in [0.25, 0.3) is 11.8 Å². The fraction of sp³-hybridized carbons (Fsp3) is 0.0870. The lowest BCUT2D eigenvalue weighted by Crippen LogP contribution is -2.23. The highest BCUT2D eigenvalue weighted by molar-refractivity contribution is 7.13. The minimum atomic E-state index is -0.292. The van der Waals surface area contributed by atoms with E-state index in [1.807, 2.05) is 55.5 Å². The molecule has 0 spiro atoms. The van der Waals surface area contributed by atoms with Crippen LogP contribution < -0.4 is 10.6 Å². The van der Waals surface area contributed by atoms with E-state index in [4.69, 9.17) is 0 Å². The van der Waals surface area contributed by atoms with E-state index in [1.165, 1.54) is 17.1 Å². The number of rotatable bonds is 5. The molecule has 4 rings (SSSR count). The third-order valence-electron chi connectivity index (χ3n) is 4.55. The molecule has 1 heterocycles. The van der Waals surface area contributed by atoms with Crippen LogP contribution >= 0.6 is 11.5 Å². The van der Waals surface area contributed by atoms with Gasteiger partial charge in [-0.25, -0.2) is 0 Å². The Bertz CT molecular complexity index is 1180. The SMILES string of the molecule is Cc1ccc(CNC(=O)c2cccc(NC(=O)c3nsc4ccccc34)c2)cc1. The third kappa shape index (κ3) is 4.33. The first kappa shape index (κ1) is 18.8. The zero-order chi connectivity index (χ0) is 20.2. The van der Waals surface area contributed by atoms with E-state index in [0.717, 1.165) is 15.6 Å². The number of carbonyl (C=O) groups excluding carboxylic acids is 2. The quantitative estimate of drug-likeness (QED) is 0.505. The first-order valence-corrected chi connectivity index (χ1v) is 9.97. The van der Waals surface area contributed by atoms with Crippen LogP contribution in [-0.2, 0) is 6.54 Å². The molecule has 6 heteroatoms. The van der Waals surface area contributed by atoms with Crippen molar-refractivity contribution in [2.24, 2.45) is 0 Å². The highest BCUT2D eigenvalue weighted by atomic mass is 32.1. The van der Waals surface area contributed by atoms with Crippen molar-refractivity contribution in [1.29, 1.82) is 0 Å².